The summed E-state index contributed by atoms with van der Waals surface area (Å²) in [7, 11) is 0. The number of barbiturate groups is 1. The Labute approximate surface area is 169 Å². The molecule has 2 aromatic heterocycles. The van der Waals surface area contributed by atoms with Crippen LogP contribution in [0.2, 0.25) is 5.02 Å². The summed E-state index contributed by atoms with van der Waals surface area (Å²) in [5.74, 6) is -1.34. The second kappa shape index (κ2) is 5.90. The van der Waals surface area contributed by atoms with Crippen molar-refractivity contribution in [3.05, 3.63) is 16.4 Å². The van der Waals surface area contributed by atoms with Crippen LogP contribution in [0.1, 0.15) is 25.2 Å². The van der Waals surface area contributed by atoms with E-state index < -0.39 is 35.4 Å². The summed E-state index contributed by atoms with van der Waals surface area (Å²) in [4.78, 5) is 44.4. The van der Waals surface area contributed by atoms with Crippen molar-refractivity contribution in [2.75, 3.05) is 11.4 Å². The fraction of sp³-hybridized carbons (Fsp3) is 0.500. The molecule has 2 aromatic rings. The van der Waals surface area contributed by atoms with Crippen molar-refractivity contribution in [1.29, 1.82) is 0 Å². The molecule has 5 rings (SSSR count). The van der Waals surface area contributed by atoms with Crippen LogP contribution in [0, 0.1) is 12.3 Å². The largest absolute Gasteiger partial charge is 0.372 e. The highest BCUT2D eigenvalue weighted by Gasteiger charge is 2.63. The number of halogens is 1. The van der Waals surface area contributed by atoms with Crippen LogP contribution >= 0.6 is 11.6 Å². The van der Waals surface area contributed by atoms with Crippen LogP contribution in [-0.4, -0.2) is 52.8 Å². The number of hydrogen-bond acceptors (Lipinski definition) is 8. The van der Waals surface area contributed by atoms with E-state index >= 15 is 0 Å². The smallest absolute Gasteiger partial charge is 0.328 e. The van der Waals surface area contributed by atoms with Gasteiger partial charge >= 0.3 is 6.03 Å². The number of amides is 4. The summed E-state index contributed by atoms with van der Waals surface area (Å²) in [6.45, 7) is 5.82. The van der Waals surface area contributed by atoms with Gasteiger partial charge in [0.2, 0.25) is 17.4 Å². The molecule has 1 spiro atoms. The number of rotatable bonds is 0. The molecule has 10 nitrogen and oxygen atoms in total. The Morgan fingerprint density at radius 2 is 1.90 bits per heavy atom. The molecule has 3 aliphatic heterocycles. The molecule has 29 heavy (non-hydrogen) atoms. The van der Waals surface area contributed by atoms with Crippen molar-refractivity contribution in [3.63, 3.8) is 0 Å². The Morgan fingerprint density at radius 3 is 2.59 bits per heavy atom. The molecule has 2 saturated heterocycles. The first kappa shape index (κ1) is 18.3. The molecule has 2 fully saturated rings. The maximum atomic E-state index is 13.1. The van der Waals surface area contributed by atoms with Gasteiger partial charge in [-0.1, -0.05) is 16.8 Å². The van der Waals surface area contributed by atoms with Crippen LogP contribution in [0.15, 0.2) is 4.52 Å². The highest BCUT2D eigenvalue weighted by Crippen LogP contribution is 2.50. The highest BCUT2D eigenvalue weighted by atomic mass is 35.5. The van der Waals surface area contributed by atoms with Gasteiger partial charge in [-0.05, 0) is 20.8 Å². The standard InChI is InChI=1S/C18H18ClN5O5/c1-6-5-24-12-9(20-11-7(2)23-29-13(11)10(12)19)4-18(14(24)8(3)28-6)15(25)21-17(27)22-16(18)26/h6,8,14H,4-5H2,1-3H3,(H2,21,22,25,26,27)/t6-,8+,14-/m1/s1. The van der Waals surface area contributed by atoms with Crippen LogP contribution in [0.3, 0.4) is 0 Å². The van der Waals surface area contributed by atoms with Gasteiger partial charge in [0.1, 0.15) is 16.2 Å². The monoisotopic (exact) mass is 419 g/mol. The Balaban J connectivity index is 1.79. The number of nitrogens with zero attached hydrogens (tertiary/aromatic N) is 3. The quantitative estimate of drug-likeness (QED) is 0.607. The third-order valence-corrected chi connectivity index (χ3v) is 6.29. The van der Waals surface area contributed by atoms with Crippen molar-refractivity contribution in [2.24, 2.45) is 5.41 Å². The molecule has 3 aliphatic rings. The lowest BCUT2D eigenvalue weighted by Gasteiger charge is -2.55. The molecule has 0 unspecified atom stereocenters. The number of carbonyl (C=O) groups is 3. The van der Waals surface area contributed by atoms with E-state index in [-0.39, 0.29) is 12.5 Å². The number of nitrogens with one attached hydrogen (secondary N) is 2. The van der Waals surface area contributed by atoms with Crippen LogP contribution in [0.25, 0.3) is 11.1 Å². The molecule has 0 bridgehead atoms. The zero-order valence-electron chi connectivity index (χ0n) is 15.9. The lowest BCUT2D eigenvalue weighted by molar-refractivity contribution is -0.153. The Kier molecular flexibility index (Phi) is 3.72. The van der Waals surface area contributed by atoms with E-state index in [0.717, 1.165) is 0 Å². The summed E-state index contributed by atoms with van der Waals surface area (Å²) < 4.78 is 11.3. The number of pyridine rings is 1. The number of anilines is 1. The fourth-order valence-electron chi connectivity index (χ4n) is 4.86. The van der Waals surface area contributed by atoms with E-state index in [9.17, 15) is 14.4 Å². The number of aromatic nitrogens is 2. The van der Waals surface area contributed by atoms with Gasteiger partial charge in [0.15, 0.2) is 5.41 Å². The van der Waals surface area contributed by atoms with Crippen molar-refractivity contribution in [3.8, 4) is 0 Å². The average molecular weight is 420 g/mol. The lowest BCUT2D eigenvalue weighted by atomic mass is 9.67. The number of urea groups is 1. The van der Waals surface area contributed by atoms with Gasteiger partial charge in [-0.25, -0.2) is 9.78 Å². The van der Waals surface area contributed by atoms with Gasteiger partial charge in [0, 0.05) is 13.0 Å². The molecular weight excluding hydrogens is 402 g/mol. The first-order chi connectivity index (χ1) is 13.7. The maximum absolute atomic E-state index is 13.1. The number of carbonyl (C=O) groups excluding carboxylic acids is 3. The minimum Gasteiger partial charge on any atom is -0.372 e. The summed E-state index contributed by atoms with van der Waals surface area (Å²) >= 11 is 6.70. The molecular formula is C18H18ClN5O5. The predicted octanol–water partition coefficient (Wildman–Crippen LogP) is 1.08. The second-order valence-corrected chi connectivity index (χ2v) is 8.18. The lowest BCUT2D eigenvalue weighted by Crippen LogP contribution is -2.75. The maximum Gasteiger partial charge on any atom is 0.328 e. The first-order valence-electron chi connectivity index (χ1n) is 9.27. The summed E-state index contributed by atoms with van der Waals surface area (Å²) in [5, 5.41) is 8.75. The molecule has 0 aliphatic carbocycles. The van der Waals surface area contributed by atoms with E-state index in [0.29, 0.717) is 39.7 Å². The van der Waals surface area contributed by atoms with Gasteiger partial charge in [0.25, 0.3) is 0 Å². The summed E-state index contributed by atoms with van der Waals surface area (Å²) in [6, 6.07) is -1.52. The van der Waals surface area contributed by atoms with Gasteiger partial charge in [-0.3, -0.25) is 20.2 Å². The summed E-state index contributed by atoms with van der Waals surface area (Å²) in [6.07, 6.45) is -0.694. The summed E-state index contributed by atoms with van der Waals surface area (Å²) in [5.41, 5.74) is 0.880. The Morgan fingerprint density at radius 1 is 1.21 bits per heavy atom. The molecule has 4 amide bonds. The zero-order valence-corrected chi connectivity index (χ0v) is 16.7. The third-order valence-electron chi connectivity index (χ3n) is 5.94. The van der Waals surface area contributed by atoms with Gasteiger partial charge < -0.3 is 14.2 Å². The number of fused-ring (bicyclic) bond motifs is 5. The van der Waals surface area contributed by atoms with Crippen LogP contribution in [-0.2, 0) is 20.7 Å². The normalized spacial score (nSPS) is 28.2. The highest BCUT2D eigenvalue weighted by molar-refractivity contribution is 6.37. The van der Waals surface area contributed by atoms with E-state index in [1.54, 1.807) is 13.8 Å². The molecule has 0 radical (unpaired) electrons. The number of ether oxygens (including phenoxy) is 1. The number of imide groups is 2. The molecule has 3 atom stereocenters. The second-order valence-electron chi connectivity index (χ2n) is 7.80. The van der Waals surface area contributed by atoms with Crippen molar-refractivity contribution >= 4 is 46.2 Å². The molecule has 11 heteroatoms. The third kappa shape index (κ3) is 2.29. The average Bonchev–Trinajstić information content (AvgIpc) is 3.00. The van der Waals surface area contributed by atoms with Crippen molar-refractivity contribution in [2.45, 2.75) is 45.4 Å². The molecule has 5 heterocycles. The Hall–Kier alpha value is -2.72. The molecule has 0 aromatic carbocycles. The number of aryl methyl sites for hydroxylation is 1. The van der Waals surface area contributed by atoms with Crippen molar-refractivity contribution in [1.82, 2.24) is 20.8 Å². The van der Waals surface area contributed by atoms with E-state index in [4.69, 9.17) is 20.9 Å². The van der Waals surface area contributed by atoms with E-state index in [1.165, 1.54) is 0 Å². The molecule has 0 saturated carbocycles. The molecule has 2 N–H and O–H groups in total. The number of morpholine rings is 1. The van der Waals surface area contributed by atoms with Gasteiger partial charge in [-0.2, -0.15) is 0 Å². The molecule has 152 valence electrons. The number of hydrogen-bond donors (Lipinski definition) is 2. The Bertz CT molecular complexity index is 1080. The fourth-order valence-corrected chi connectivity index (χ4v) is 5.21. The van der Waals surface area contributed by atoms with Crippen molar-refractivity contribution < 1.29 is 23.6 Å². The predicted molar refractivity (Wildman–Crippen MR) is 101 cm³/mol. The first-order valence-corrected chi connectivity index (χ1v) is 9.65. The van der Waals surface area contributed by atoms with Gasteiger partial charge in [0.05, 0.1) is 29.6 Å². The van der Waals surface area contributed by atoms with Crippen LogP contribution < -0.4 is 15.5 Å². The topological polar surface area (TPSA) is 127 Å². The minimum atomic E-state index is -1.59. The van der Waals surface area contributed by atoms with Crippen LogP contribution in [0.5, 0.6) is 0 Å². The van der Waals surface area contributed by atoms with Gasteiger partial charge in [-0.15, -0.1) is 0 Å². The minimum absolute atomic E-state index is 0.0309. The SMILES string of the molecule is Cc1noc2c(Cl)c3c(nc12)CC1(C(=O)NC(=O)NC1=O)[C@H]1[C@H](C)O[C@H](C)CN31. The van der Waals surface area contributed by atoms with Crippen LogP contribution in [0.4, 0.5) is 10.5 Å². The zero-order chi connectivity index (χ0) is 20.7. The van der Waals surface area contributed by atoms with E-state index in [1.807, 2.05) is 11.8 Å². The van der Waals surface area contributed by atoms with E-state index in [2.05, 4.69) is 20.8 Å².